The molecule has 0 bridgehead atoms. The average molecular weight is 573 g/mol. The fourth-order valence-corrected chi connectivity index (χ4v) is 2.95. The highest BCUT2D eigenvalue weighted by Gasteiger charge is 2.23. The van der Waals surface area contributed by atoms with Crippen LogP contribution in [0.5, 0.6) is 11.5 Å². The molecule has 174 valence electrons. The summed E-state index contributed by atoms with van der Waals surface area (Å²) in [7, 11) is 1.72. The second-order valence-corrected chi connectivity index (χ2v) is 7.90. The molecular weight excluding hydrogens is 543 g/mol. The van der Waals surface area contributed by atoms with Crippen LogP contribution < -0.4 is 25.4 Å². The number of aliphatic imine (C=N–C) groups is 1. The molecule has 0 saturated heterocycles. The first-order valence-electron chi connectivity index (χ1n) is 10.4. The predicted octanol–water partition coefficient (Wildman–Crippen LogP) is 3.75. The lowest BCUT2D eigenvalue weighted by atomic mass is 10.2. The Bertz CT molecular complexity index is 891. The molecule has 9 heteroatoms. The summed E-state index contributed by atoms with van der Waals surface area (Å²) in [4.78, 5) is 16.0. The van der Waals surface area contributed by atoms with E-state index in [-0.39, 0.29) is 42.6 Å². The van der Waals surface area contributed by atoms with E-state index >= 15 is 0 Å². The maximum atomic E-state index is 11.8. The van der Waals surface area contributed by atoms with Gasteiger partial charge in [0.25, 0.3) is 5.91 Å². The number of nitrogens with zero attached hydrogens (tertiary/aromatic N) is 1. The van der Waals surface area contributed by atoms with E-state index in [1.54, 1.807) is 19.2 Å². The molecule has 0 radical (unpaired) electrons. The number of ether oxygens (including phenoxy) is 2. The van der Waals surface area contributed by atoms with E-state index in [2.05, 4.69) is 20.9 Å². The van der Waals surface area contributed by atoms with Gasteiger partial charge < -0.3 is 25.4 Å². The van der Waals surface area contributed by atoms with Gasteiger partial charge >= 0.3 is 0 Å². The van der Waals surface area contributed by atoms with Crippen LogP contribution in [0.2, 0.25) is 5.02 Å². The standard InChI is InChI=1S/C23H29ClN4O3.HI/c1-16(31-20-10-6-18(24)7-11-20)13-26-23(25-2)27-14-17-4-3-5-21(12-17)30-15-22(29)28-19-8-9-19;/h3-7,10-12,16,19H,8-9,13-15H2,1-2H3,(H,28,29)(H2,25,26,27);1H. The Morgan fingerprint density at radius 1 is 1.16 bits per heavy atom. The summed E-state index contributed by atoms with van der Waals surface area (Å²) in [6, 6.07) is 15.3. The van der Waals surface area contributed by atoms with Gasteiger partial charge in [-0.3, -0.25) is 9.79 Å². The van der Waals surface area contributed by atoms with Gasteiger partial charge in [-0.05, 0) is 61.7 Å². The van der Waals surface area contributed by atoms with Gasteiger partial charge in [0.15, 0.2) is 12.6 Å². The van der Waals surface area contributed by atoms with Crippen LogP contribution in [0, 0.1) is 0 Å². The molecule has 1 aliphatic rings. The highest BCUT2D eigenvalue weighted by atomic mass is 127. The minimum Gasteiger partial charge on any atom is -0.489 e. The third kappa shape index (κ3) is 9.52. The first-order chi connectivity index (χ1) is 15.0. The molecule has 3 rings (SSSR count). The number of rotatable bonds is 10. The van der Waals surface area contributed by atoms with Crippen molar-refractivity contribution in [3.63, 3.8) is 0 Å². The number of hydrogen-bond donors (Lipinski definition) is 3. The van der Waals surface area contributed by atoms with Crippen LogP contribution in [0.4, 0.5) is 0 Å². The zero-order valence-electron chi connectivity index (χ0n) is 18.3. The molecule has 3 N–H and O–H groups in total. The monoisotopic (exact) mass is 572 g/mol. The molecular formula is C23H30ClIN4O3. The fourth-order valence-electron chi connectivity index (χ4n) is 2.83. The number of amides is 1. The molecule has 1 fully saturated rings. The van der Waals surface area contributed by atoms with Crippen molar-refractivity contribution in [1.82, 2.24) is 16.0 Å². The number of halogens is 2. The highest BCUT2D eigenvalue weighted by Crippen LogP contribution is 2.19. The van der Waals surface area contributed by atoms with E-state index in [1.807, 2.05) is 43.3 Å². The molecule has 2 aromatic carbocycles. The Labute approximate surface area is 211 Å². The zero-order valence-corrected chi connectivity index (χ0v) is 21.4. The van der Waals surface area contributed by atoms with Crippen molar-refractivity contribution in [3.8, 4) is 11.5 Å². The number of guanidine groups is 1. The summed E-state index contributed by atoms with van der Waals surface area (Å²) in [5.74, 6) is 2.02. The van der Waals surface area contributed by atoms with Crippen molar-refractivity contribution in [2.24, 2.45) is 4.99 Å². The van der Waals surface area contributed by atoms with Gasteiger partial charge in [-0.2, -0.15) is 0 Å². The topological polar surface area (TPSA) is 84.0 Å². The lowest BCUT2D eigenvalue weighted by Gasteiger charge is -2.18. The summed E-state index contributed by atoms with van der Waals surface area (Å²) in [6.45, 7) is 3.16. The van der Waals surface area contributed by atoms with Crippen LogP contribution in [0.1, 0.15) is 25.3 Å². The molecule has 1 aliphatic carbocycles. The summed E-state index contributed by atoms with van der Waals surface area (Å²) in [5, 5.41) is 10.1. The lowest BCUT2D eigenvalue weighted by molar-refractivity contribution is -0.123. The molecule has 0 aromatic heterocycles. The summed E-state index contributed by atoms with van der Waals surface area (Å²) in [5.41, 5.74) is 1.02. The summed E-state index contributed by atoms with van der Waals surface area (Å²) < 4.78 is 11.5. The number of benzene rings is 2. The van der Waals surface area contributed by atoms with E-state index < -0.39 is 0 Å². The Hall–Kier alpha value is -2.20. The van der Waals surface area contributed by atoms with E-state index in [0.29, 0.717) is 35.9 Å². The average Bonchev–Trinajstić information content (AvgIpc) is 3.58. The largest absolute Gasteiger partial charge is 0.489 e. The van der Waals surface area contributed by atoms with Gasteiger partial charge in [-0.15, -0.1) is 24.0 Å². The second kappa shape index (κ2) is 13.4. The minimum atomic E-state index is -0.0782. The molecule has 32 heavy (non-hydrogen) atoms. The normalized spacial score (nSPS) is 14.0. The van der Waals surface area contributed by atoms with Crippen molar-refractivity contribution in [2.45, 2.75) is 38.5 Å². The van der Waals surface area contributed by atoms with Crippen molar-refractivity contribution in [1.29, 1.82) is 0 Å². The van der Waals surface area contributed by atoms with Crippen LogP contribution in [0.25, 0.3) is 0 Å². The lowest BCUT2D eigenvalue weighted by Crippen LogP contribution is -2.41. The van der Waals surface area contributed by atoms with Crippen LogP contribution in [-0.2, 0) is 11.3 Å². The first kappa shape index (κ1) is 26.1. The van der Waals surface area contributed by atoms with Crippen LogP contribution in [-0.4, -0.2) is 44.2 Å². The Kier molecular flexibility index (Phi) is 10.9. The molecule has 7 nitrogen and oxygen atoms in total. The van der Waals surface area contributed by atoms with Gasteiger partial charge in [0.1, 0.15) is 17.6 Å². The number of hydrogen-bond acceptors (Lipinski definition) is 4. The van der Waals surface area contributed by atoms with Crippen LogP contribution >= 0.6 is 35.6 Å². The van der Waals surface area contributed by atoms with Gasteiger partial charge in [0.05, 0.1) is 6.54 Å². The fraction of sp³-hybridized carbons (Fsp3) is 0.391. The Morgan fingerprint density at radius 2 is 1.91 bits per heavy atom. The second-order valence-electron chi connectivity index (χ2n) is 7.47. The Balaban J connectivity index is 0.00000363. The number of carbonyl (C=O) groups is 1. The number of nitrogens with one attached hydrogen (secondary N) is 3. The molecule has 1 saturated carbocycles. The van der Waals surface area contributed by atoms with E-state index in [9.17, 15) is 4.79 Å². The maximum absolute atomic E-state index is 11.8. The zero-order chi connectivity index (χ0) is 22.1. The quantitative estimate of drug-likeness (QED) is 0.230. The minimum absolute atomic E-state index is 0. The molecule has 1 unspecified atom stereocenters. The smallest absolute Gasteiger partial charge is 0.258 e. The van der Waals surface area contributed by atoms with Gasteiger partial charge in [0, 0.05) is 24.7 Å². The van der Waals surface area contributed by atoms with Crippen molar-refractivity contribution in [3.05, 3.63) is 59.1 Å². The molecule has 0 spiro atoms. The molecule has 1 atom stereocenters. The molecule has 0 heterocycles. The Morgan fingerprint density at radius 3 is 2.59 bits per heavy atom. The highest BCUT2D eigenvalue weighted by molar-refractivity contribution is 14.0. The third-order valence-corrected chi connectivity index (χ3v) is 4.85. The van der Waals surface area contributed by atoms with Crippen molar-refractivity contribution < 1.29 is 14.3 Å². The van der Waals surface area contributed by atoms with Gasteiger partial charge in [0.2, 0.25) is 0 Å². The van der Waals surface area contributed by atoms with Gasteiger partial charge in [-0.1, -0.05) is 23.7 Å². The third-order valence-electron chi connectivity index (χ3n) is 4.60. The van der Waals surface area contributed by atoms with E-state index in [1.165, 1.54) is 0 Å². The van der Waals surface area contributed by atoms with E-state index in [4.69, 9.17) is 21.1 Å². The summed E-state index contributed by atoms with van der Waals surface area (Å²) >= 11 is 5.90. The van der Waals surface area contributed by atoms with Crippen molar-refractivity contribution in [2.75, 3.05) is 20.2 Å². The summed E-state index contributed by atoms with van der Waals surface area (Å²) in [6.07, 6.45) is 2.07. The van der Waals surface area contributed by atoms with Crippen LogP contribution in [0.15, 0.2) is 53.5 Å². The predicted molar refractivity (Wildman–Crippen MR) is 138 cm³/mol. The SMILES string of the molecule is CN=C(NCc1cccc(OCC(=O)NC2CC2)c1)NCC(C)Oc1ccc(Cl)cc1.I. The van der Waals surface area contributed by atoms with Crippen molar-refractivity contribution >= 4 is 47.4 Å². The number of carbonyl (C=O) groups excluding carboxylic acids is 1. The maximum Gasteiger partial charge on any atom is 0.258 e. The van der Waals surface area contributed by atoms with Crippen LogP contribution in [0.3, 0.4) is 0 Å². The van der Waals surface area contributed by atoms with E-state index in [0.717, 1.165) is 24.2 Å². The molecule has 1 amide bonds. The van der Waals surface area contributed by atoms with Gasteiger partial charge in [-0.25, -0.2) is 0 Å². The molecule has 2 aromatic rings. The molecule has 0 aliphatic heterocycles. The first-order valence-corrected chi connectivity index (χ1v) is 10.8.